The van der Waals surface area contributed by atoms with E-state index >= 15 is 0 Å². The molecule has 0 aliphatic rings. The second-order valence-corrected chi connectivity index (χ2v) is 11.5. The number of hydrogen-bond donors (Lipinski definition) is 0. The molecule has 0 fully saturated rings. The molecule has 5 radical (unpaired) electrons. The van der Waals surface area contributed by atoms with Gasteiger partial charge in [0.05, 0.1) is 0 Å². The molecule has 35 heteroatoms. The van der Waals surface area contributed by atoms with E-state index in [0.717, 1.165) is 0 Å². The number of hydrogen-bond acceptors (Lipinski definition) is 0. The number of benzene rings is 5. The second-order valence-electron chi connectivity index (χ2n) is 9.50. The third-order valence-corrected chi connectivity index (χ3v) is 7.64. The van der Waals surface area contributed by atoms with Crippen LogP contribution in [0.15, 0.2) is 24.5 Å². The number of rotatable bonds is 0. The fourth-order valence-corrected chi connectivity index (χ4v) is 3.82. The molecule has 0 atom stereocenters. The van der Waals surface area contributed by atoms with Crippen molar-refractivity contribution in [2.75, 3.05) is 0 Å². The molecule has 365 valence electrons. The smallest absolute Gasteiger partial charge is 0.200 e. The van der Waals surface area contributed by atoms with Crippen molar-refractivity contribution in [3.63, 3.8) is 0 Å². The first-order chi connectivity index (χ1) is 27.3. The van der Waals surface area contributed by atoms with Crippen LogP contribution in [0.4, 0.5) is 133 Å². The maximum Gasteiger partial charge on any atom is 0.200 e. The van der Waals surface area contributed by atoms with E-state index in [1.807, 2.05) is 0 Å². The van der Waals surface area contributed by atoms with Crippen molar-refractivity contribution >= 4 is 63.1 Å². The highest BCUT2D eigenvalue weighted by atomic mass is 32.1. The van der Waals surface area contributed by atoms with Crippen molar-refractivity contribution in [3.8, 4) is 0 Å². The van der Waals surface area contributed by atoms with E-state index < -0.39 is 170 Å². The largest absolute Gasteiger partial charge is 0.269 e. The summed E-state index contributed by atoms with van der Waals surface area (Å²) in [6.45, 7) is 0. The zero-order valence-corrected chi connectivity index (χ0v) is 32.6. The van der Waals surface area contributed by atoms with Crippen molar-refractivity contribution in [2.24, 2.45) is 0 Å². The lowest BCUT2D eigenvalue weighted by molar-refractivity contribution is 0.361. The van der Waals surface area contributed by atoms with Gasteiger partial charge in [-0.1, -0.05) is 63.1 Å². The van der Waals surface area contributed by atoms with Gasteiger partial charge in [-0.3, -0.25) is 23.5 Å². The summed E-state index contributed by atoms with van der Waals surface area (Å²) >= 11 is 19.7. The first-order valence-electron chi connectivity index (χ1n) is 13.2. The lowest BCUT2D eigenvalue weighted by Gasteiger charge is -2.00. The summed E-state index contributed by atoms with van der Waals surface area (Å²) in [6.07, 6.45) is 0. The van der Waals surface area contributed by atoms with E-state index in [4.69, 9.17) is 0 Å². The lowest BCUT2D eigenvalue weighted by Crippen LogP contribution is -2.01. The predicted molar refractivity (Wildman–Crippen MR) is 173 cm³/mol. The molecule has 5 aromatic carbocycles. The fourth-order valence-electron chi connectivity index (χ4n) is 2.92. The van der Waals surface area contributed by atoms with Gasteiger partial charge >= 0.3 is 0 Å². The van der Waals surface area contributed by atoms with Gasteiger partial charge in [0, 0.05) is 0 Å². The molecule has 65 heavy (non-hydrogen) atoms. The fraction of sp³-hybridized carbons (Fsp3) is 0. The van der Waals surface area contributed by atoms with Crippen LogP contribution in [0.3, 0.4) is 0 Å². The molecule has 0 nitrogen and oxygen atoms in total. The molecule has 0 saturated heterocycles. The van der Waals surface area contributed by atoms with Crippen LogP contribution in [0.1, 0.15) is 0 Å². The normalized spacial score (nSPS) is 9.62. The molecular formula is C30H5F30S5. The highest BCUT2D eigenvalue weighted by molar-refractivity contribution is 7.81. The Kier molecular flexibility index (Phi) is 29.3. The number of halogens is 30. The Bertz CT molecular complexity index is 1550. The van der Waals surface area contributed by atoms with Crippen molar-refractivity contribution in [2.45, 2.75) is 24.5 Å². The molecule has 0 N–H and O–H groups in total. The van der Waals surface area contributed by atoms with Gasteiger partial charge in [0.1, 0.15) is 24.5 Å². The standard InChI is InChI=1S/5C6F5S.5FH/c5*7-1-2(8)4(10)6(12)5(11)3(1)9;;;;;/h;;;;;5*1H. The van der Waals surface area contributed by atoms with Crippen LogP contribution in [0.5, 0.6) is 0 Å². The Morgan fingerprint density at radius 1 is 0.123 bits per heavy atom. The Hall–Kier alpha value is -4.90. The van der Waals surface area contributed by atoms with Crippen molar-refractivity contribution in [3.05, 3.63) is 145 Å². The summed E-state index contributed by atoms with van der Waals surface area (Å²) in [5.41, 5.74) is 0. The Labute approximate surface area is 365 Å². The van der Waals surface area contributed by atoms with Crippen LogP contribution in [0.2, 0.25) is 0 Å². The summed E-state index contributed by atoms with van der Waals surface area (Å²) in [6, 6.07) is 0. The topological polar surface area (TPSA) is 0 Å². The van der Waals surface area contributed by atoms with Gasteiger partial charge in [0.2, 0.25) is 29.1 Å². The van der Waals surface area contributed by atoms with Gasteiger partial charge < -0.3 is 0 Å². The van der Waals surface area contributed by atoms with Crippen LogP contribution in [-0.4, -0.2) is 0 Å². The summed E-state index contributed by atoms with van der Waals surface area (Å²) in [5.74, 6) is -50.8. The average molecular weight is 1100 g/mol. The summed E-state index contributed by atoms with van der Waals surface area (Å²) in [4.78, 5) is -6.43. The van der Waals surface area contributed by atoms with Crippen molar-refractivity contribution < 1.29 is 133 Å². The summed E-state index contributed by atoms with van der Waals surface area (Å²) in [5, 5.41) is 0. The van der Waals surface area contributed by atoms with Gasteiger partial charge in [0.15, 0.2) is 116 Å². The highest BCUT2D eigenvalue weighted by Gasteiger charge is 2.28. The molecule has 0 unspecified atom stereocenters. The molecular weight excluding hydrogens is 1090 g/mol. The van der Waals surface area contributed by atoms with Crippen LogP contribution >= 0.6 is 63.1 Å². The van der Waals surface area contributed by atoms with Gasteiger partial charge in [-0.05, 0) is 0 Å². The zero-order valence-electron chi connectivity index (χ0n) is 28.5. The third kappa shape index (κ3) is 14.5. The SMILES string of the molecule is F.F.F.F.F.Fc1c(F)c(F)c([S])c(F)c1F.Fc1c(F)c(F)c([S])c(F)c1F.Fc1c(F)c(F)c([S])c(F)c1F.Fc1c(F)c(F)c([S])c(F)c1F.Fc1c(F)c(F)c([S])c(F)c1F. The van der Waals surface area contributed by atoms with Crippen LogP contribution in [0, 0.1) is 145 Å². The van der Waals surface area contributed by atoms with Gasteiger partial charge in [0.25, 0.3) is 0 Å². The Morgan fingerprint density at radius 3 is 0.231 bits per heavy atom. The third-order valence-electron chi connectivity index (χ3n) is 5.85. The second kappa shape index (κ2) is 27.5. The van der Waals surface area contributed by atoms with Crippen molar-refractivity contribution in [1.82, 2.24) is 0 Å². The van der Waals surface area contributed by atoms with Gasteiger partial charge in [-0.25, -0.2) is 110 Å². The minimum absolute atomic E-state index is 0. The average Bonchev–Trinajstić information content (AvgIpc) is 3.24. The minimum Gasteiger partial charge on any atom is -0.269 e. The molecule has 0 aromatic heterocycles. The molecule has 0 saturated carbocycles. The van der Waals surface area contributed by atoms with Crippen LogP contribution in [0.25, 0.3) is 0 Å². The highest BCUT2D eigenvalue weighted by Crippen LogP contribution is 2.29. The zero-order chi connectivity index (χ0) is 47.3. The quantitative estimate of drug-likeness (QED) is 0.0824. The monoisotopic (exact) mass is 1090 g/mol. The molecule has 0 amide bonds. The predicted octanol–water partition coefficient (Wildman–Crippen LogP) is 15.5. The molecule has 5 rings (SSSR count). The van der Waals surface area contributed by atoms with E-state index in [-0.39, 0.29) is 23.5 Å². The van der Waals surface area contributed by atoms with Crippen LogP contribution < -0.4 is 0 Å². The maximum absolute atomic E-state index is 12.3. The first-order valence-corrected chi connectivity index (χ1v) is 15.3. The van der Waals surface area contributed by atoms with E-state index in [1.165, 1.54) is 0 Å². The molecule has 0 bridgehead atoms. The minimum atomic E-state index is -2.20. The molecule has 5 aromatic rings. The van der Waals surface area contributed by atoms with Gasteiger partial charge in [-0.15, -0.1) is 0 Å². The van der Waals surface area contributed by atoms with E-state index in [0.29, 0.717) is 0 Å². The molecule has 0 heterocycles. The van der Waals surface area contributed by atoms with E-state index in [2.05, 4.69) is 63.1 Å². The van der Waals surface area contributed by atoms with E-state index in [9.17, 15) is 110 Å². The molecule has 0 spiro atoms. The molecule has 0 aliphatic heterocycles. The van der Waals surface area contributed by atoms with Crippen molar-refractivity contribution in [1.29, 1.82) is 0 Å². The van der Waals surface area contributed by atoms with Crippen LogP contribution in [-0.2, 0) is 0 Å². The first kappa shape index (κ1) is 69.1. The van der Waals surface area contributed by atoms with E-state index in [1.54, 1.807) is 0 Å². The summed E-state index contributed by atoms with van der Waals surface area (Å²) < 4.78 is 306. The Balaban J connectivity index is -0.000000226. The lowest BCUT2D eigenvalue weighted by atomic mass is 10.3. The molecule has 0 aliphatic carbocycles. The maximum atomic E-state index is 12.3. The summed E-state index contributed by atoms with van der Waals surface area (Å²) in [7, 11) is 0. The van der Waals surface area contributed by atoms with Gasteiger partial charge in [-0.2, -0.15) is 0 Å². The Morgan fingerprint density at radius 2 is 0.169 bits per heavy atom.